The van der Waals surface area contributed by atoms with Gasteiger partial charge in [-0.1, -0.05) is 19.1 Å². The Morgan fingerprint density at radius 1 is 1.32 bits per heavy atom. The SMILES string of the molecule is CCc1nc(C(NC)c2ccc(OC)cc2)[nH]c1C. The number of aromatic nitrogens is 2. The van der Waals surface area contributed by atoms with Gasteiger partial charge in [-0.25, -0.2) is 4.98 Å². The highest BCUT2D eigenvalue weighted by atomic mass is 16.5. The maximum Gasteiger partial charge on any atom is 0.128 e. The molecule has 19 heavy (non-hydrogen) atoms. The molecule has 0 saturated carbocycles. The molecule has 0 aliphatic rings. The number of H-pyrrole nitrogens is 1. The number of rotatable bonds is 5. The third-order valence-electron chi connectivity index (χ3n) is 3.35. The Kier molecular flexibility index (Phi) is 4.22. The zero-order chi connectivity index (χ0) is 13.8. The van der Waals surface area contributed by atoms with Crippen LogP contribution >= 0.6 is 0 Å². The van der Waals surface area contributed by atoms with E-state index in [9.17, 15) is 0 Å². The van der Waals surface area contributed by atoms with Gasteiger partial charge >= 0.3 is 0 Å². The molecular weight excluding hydrogens is 238 g/mol. The normalized spacial score (nSPS) is 12.4. The fraction of sp³-hybridized carbons (Fsp3) is 0.400. The molecule has 0 bridgehead atoms. The standard InChI is InChI=1S/C15H21N3O/c1-5-13-10(2)17-15(18-13)14(16-3)11-6-8-12(19-4)9-7-11/h6-9,14,16H,5H2,1-4H3,(H,17,18). The second kappa shape index (κ2) is 5.89. The van der Waals surface area contributed by atoms with Gasteiger partial charge in [-0.05, 0) is 38.1 Å². The highest BCUT2D eigenvalue weighted by Crippen LogP contribution is 2.23. The molecule has 1 unspecified atom stereocenters. The number of hydrogen-bond acceptors (Lipinski definition) is 3. The van der Waals surface area contributed by atoms with Gasteiger partial charge in [0.2, 0.25) is 0 Å². The van der Waals surface area contributed by atoms with E-state index in [0.717, 1.165) is 29.4 Å². The average Bonchev–Trinajstić information content (AvgIpc) is 2.81. The summed E-state index contributed by atoms with van der Waals surface area (Å²) >= 11 is 0. The van der Waals surface area contributed by atoms with Crippen molar-refractivity contribution < 1.29 is 4.74 Å². The monoisotopic (exact) mass is 259 g/mol. The number of nitrogens with zero attached hydrogens (tertiary/aromatic N) is 1. The second-order valence-corrected chi connectivity index (χ2v) is 4.54. The Morgan fingerprint density at radius 3 is 2.47 bits per heavy atom. The van der Waals surface area contributed by atoms with E-state index in [4.69, 9.17) is 4.74 Å². The predicted molar refractivity (Wildman–Crippen MR) is 76.6 cm³/mol. The quantitative estimate of drug-likeness (QED) is 0.867. The molecule has 1 atom stereocenters. The minimum atomic E-state index is 0.0740. The smallest absolute Gasteiger partial charge is 0.128 e. The van der Waals surface area contributed by atoms with Crippen molar-refractivity contribution in [3.63, 3.8) is 0 Å². The third kappa shape index (κ3) is 2.79. The summed E-state index contributed by atoms with van der Waals surface area (Å²) in [5.41, 5.74) is 3.44. The first-order valence-electron chi connectivity index (χ1n) is 6.56. The Labute approximate surface area is 114 Å². The van der Waals surface area contributed by atoms with E-state index in [1.165, 1.54) is 5.56 Å². The number of benzene rings is 1. The summed E-state index contributed by atoms with van der Waals surface area (Å²) in [5.74, 6) is 1.82. The number of hydrogen-bond donors (Lipinski definition) is 2. The summed E-state index contributed by atoms with van der Waals surface area (Å²) in [5, 5.41) is 3.30. The van der Waals surface area contributed by atoms with E-state index in [0.29, 0.717) is 0 Å². The van der Waals surface area contributed by atoms with Crippen LogP contribution < -0.4 is 10.1 Å². The van der Waals surface area contributed by atoms with Gasteiger partial charge in [0.25, 0.3) is 0 Å². The van der Waals surface area contributed by atoms with Crippen molar-refractivity contribution in [3.05, 3.63) is 47.0 Å². The molecule has 0 radical (unpaired) electrons. The van der Waals surface area contributed by atoms with E-state index in [1.807, 2.05) is 19.2 Å². The zero-order valence-electron chi connectivity index (χ0n) is 11.9. The maximum absolute atomic E-state index is 5.19. The first-order chi connectivity index (χ1) is 9.19. The van der Waals surface area contributed by atoms with Crippen molar-refractivity contribution in [2.75, 3.05) is 14.2 Å². The van der Waals surface area contributed by atoms with Gasteiger partial charge in [0.15, 0.2) is 0 Å². The number of nitrogens with one attached hydrogen (secondary N) is 2. The van der Waals surface area contributed by atoms with Crippen molar-refractivity contribution >= 4 is 0 Å². The molecular formula is C15H21N3O. The molecule has 1 aromatic carbocycles. The summed E-state index contributed by atoms with van der Waals surface area (Å²) in [6.07, 6.45) is 0.946. The fourth-order valence-electron chi connectivity index (χ4n) is 2.26. The average molecular weight is 259 g/mol. The molecule has 1 aromatic heterocycles. The minimum Gasteiger partial charge on any atom is -0.497 e. The van der Waals surface area contributed by atoms with Crippen LogP contribution in [0.15, 0.2) is 24.3 Å². The van der Waals surface area contributed by atoms with Gasteiger partial charge in [0, 0.05) is 5.69 Å². The lowest BCUT2D eigenvalue weighted by Crippen LogP contribution is -2.19. The van der Waals surface area contributed by atoms with Gasteiger partial charge in [-0.15, -0.1) is 0 Å². The zero-order valence-corrected chi connectivity index (χ0v) is 11.9. The van der Waals surface area contributed by atoms with Crippen LogP contribution in [-0.2, 0) is 6.42 Å². The molecule has 0 aliphatic heterocycles. The van der Waals surface area contributed by atoms with Gasteiger partial charge in [-0.3, -0.25) is 0 Å². The summed E-state index contributed by atoms with van der Waals surface area (Å²) < 4.78 is 5.19. The molecule has 4 nitrogen and oxygen atoms in total. The maximum atomic E-state index is 5.19. The minimum absolute atomic E-state index is 0.0740. The van der Waals surface area contributed by atoms with Gasteiger partial charge < -0.3 is 15.0 Å². The number of aryl methyl sites for hydroxylation is 2. The van der Waals surface area contributed by atoms with Gasteiger partial charge in [0.1, 0.15) is 11.6 Å². The lowest BCUT2D eigenvalue weighted by molar-refractivity contribution is 0.414. The number of ether oxygens (including phenoxy) is 1. The van der Waals surface area contributed by atoms with Crippen molar-refractivity contribution in [1.29, 1.82) is 0 Å². The highest BCUT2D eigenvalue weighted by Gasteiger charge is 2.16. The fourth-order valence-corrected chi connectivity index (χ4v) is 2.26. The van der Waals surface area contributed by atoms with Gasteiger partial charge in [0.05, 0.1) is 18.8 Å². The molecule has 2 rings (SSSR count). The molecule has 1 heterocycles. The summed E-state index contributed by atoms with van der Waals surface area (Å²) in [7, 11) is 3.62. The van der Waals surface area contributed by atoms with Crippen LogP contribution in [0.3, 0.4) is 0 Å². The summed E-state index contributed by atoms with van der Waals surface area (Å²) in [6.45, 7) is 4.19. The molecule has 0 aliphatic carbocycles. The van der Waals surface area contributed by atoms with Crippen molar-refractivity contribution in [1.82, 2.24) is 15.3 Å². The molecule has 0 fully saturated rings. The summed E-state index contributed by atoms with van der Waals surface area (Å²) in [6, 6.07) is 8.13. The molecule has 102 valence electrons. The Hall–Kier alpha value is -1.81. The highest BCUT2D eigenvalue weighted by molar-refractivity contribution is 5.32. The van der Waals surface area contributed by atoms with E-state index in [2.05, 4.69) is 41.3 Å². The molecule has 4 heteroatoms. The van der Waals surface area contributed by atoms with Crippen molar-refractivity contribution in [2.45, 2.75) is 26.3 Å². The lowest BCUT2D eigenvalue weighted by atomic mass is 10.1. The van der Waals surface area contributed by atoms with Crippen LogP contribution in [0.25, 0.3) is 0 Å². The first kappa shape index (κ1) is 13.6. The number of imidazole rings is 1. The second-order valence-electron chi connectivity index (χ2n) is 4.54. The van der Waals surface area contributed by atoms with E-state index in [-0.39, 0.29) is 6.04 Å². The topological polar surface area (TPSA) is 49.9 Å². The number of methoxy groups -OCH3 is 1. The molecule has 2 N–H and O–H groups in total. The van der Waals surface area contributed by atoms with Crippen molar-refractivity contribution in [2.24, 2.45) is 0 Å². The Balaban J connectivity index is 2.31. The Morgan fingerprint density at radius 2 is 2.00 bits per heavy atom. The van der Waals surface area contributed by atoms with Crippen LogP contribution in [0.5, 0.6) is 5.75 Å². The molecule has 2 aromatic rings. The van der Waals surface area contributed by atoms with Gasteiger partial charge in [-0.2, -0.15) is 0 Å². The molecule has 0 spiro atoms. The first-order valence-corrected chi connectivity index (χ1v) is 6.56. The Bertz CT molecular complexity index is 531. The largest absolute Gasteiger partial charge is 0.497 e. The lowest BCUT2D eigenvalue weighted by Gasteiger charge is -2.14. The van der Waals surface area contributed by atoms with Crippen LogP contribution in [0.1, 0.15) is 35.7 Å². The van der Waals surface area contributed by atoms with Crippen LogP contribution in [0.2, 0.25) is 0 Å². The third-order valence-corrected chi connectivity index (χ3v) is 3.35. The van der Waals surface area contributed by atoms with Crippen LogP contribution in [0.4, 0.5) is 0 Å². The van der Waals surface area contributed by atoms with Crippen LogP contribution in [0, 0.1) is 6.92 Å². The predicted octanol–water partition coefficient (Wildman–Crippen LogP) is 2.60. The summed E-state index contributed by atoms with van der Waals surface area (Å²) in [4.78, 5) is 8.04. The van der Waals surface area contributed by atoms with E-state index >= 15 is 0 Å². The van der Waals surface area contributed by atoms with E-state index in [1.54, 1.807) is 7.11 Å². The number of aromatic amines is 1. The van der Waals surface area contributed by atoms with E-state index < -0.39 is 0 Å². The van der Waals surface area contributed by atoms with Crippen LogP contribution in [-0.4, -0.2) is 24.1 Å². The molecule has 0 amide bonds. The molecule has 0 saturated heterocycles. The van der Waals surface area contributed by atoms with Crippen molar-refractivity contribution in [3.8, 4) is 5.75 Å².